The number of hydrogen-bond donors (Lipinski definition) is 2. The van der Waals surface area contributed by atoms with E-state index in [1.165, 1.54) is 4.90 Å². The van der Waals surface area contributed by atoms with E-state index in [4.69, 9.17) is 4.74 Å². The number of carboxylic acids is 1. The zero-order valence-corrected chi connectivity index (χ0v) is 15.4. The first kappa shape index (κ1) is 19.9. The van der Waals surface area contributed by atoms with Crippen LogP contribution < -0.4 is 5.32 Å². The third kappa shape index (κ3) is 4.22. The minimum Gasteiger partial charge on any atom is -0.479 e. The zero-order chi connectivity index (χ0) is 19.3. The molecule has 0 bridgehead atoms. The molecule has 0 aromatic heterocycles. The minimum atomic E-state index is -1.06. The minimum absolute atomic E-state index is 0.246. The Morgan fingerprint density at radius 3 is 2.62 bits per heavy atom. The van der Waals surface area contributed by atoms with Crippen molar-refractivity contribution in [1.29, 1.82) is 0 Å². The summed E-state index contributed by atoms with van der Waals surface area (Å²) in [6.07, 6.45) is 1.29. The summed E-state index contributed by atoms with van der Waals surface area (Å²) in [5, 5.41) is 12.6. The van der Waals surface area contributed by atoms with Gasteiger partial charge in [-0.05, 0) is 31.4 Å². The molecule has 2 unspecified atom stereocenters. The summed E-state index contributed by atoms with van der Waals surface area (Å²) in [6, 6.07) is 4.86. The number of amides is 1. The number of benzene rings is 1. The lowest BCUT2D eigenvalue weighted by atomic mass is 10.1. The number of aliphatic carboxylic acids is 1. The lowest BCUT2D eigenvalue weighted by Crippen LogP contribution is -2.51. The largest absolute Gasteiger partial charge is 0.479 e. The summed E-state index contributed by atoms with van der Waals surface area (Å²) in [5.41, 5.74) is 1.46. The Balaban J connectivity index is 2.14. The Kier molecular flexibility index (Phi) is 6.74. The molecule has 1 aliphatic rings. The Morgan fingerprint density at radius 2 is 2.00 bits per heavy atom. The van der Waals surface area contributed by atoms with E-state index < -0.39 is 30.1 Å². The van der Waals surface area contributed by atoms with Gasteiger partial charge in [-0.1, -0.05) is 37.6 Å². The molecule has 142 valence electrons. The molecule has 7 heteroatoms. The number of nitrogens with zero attached hydrogens (tertiary/aromatic N) is 1. The second-order valence-electron chi connectivity index (χ2n) is 6.39. The number of hydrogen-bond acceptors (Lipinski definition) is 5. The molecule has 1 aliphatic heterocycles. The fraction of sp³-hybridized carbons (Fsp3) is 0.526. The van der Waals surface area contributed by atoms with Crippen molar-refractivity contribution in [3.05, 3.63) is 35.4 Å². The summed E-state index contributed by atoms with van der Waals surface area (Å²) >= 11 is 0. The number of carboxylic acid groups (broad SMARTS) is 1. The van der Waals surface area contributed by atoms with E-state index in [0.717, 1.165) is 12.0 Å². The average Bonchev–Trinajstić information content (AvgIpc) is 3.00. The van der Waals surface area contributed by atoms with Gasteiger partial charge >= 0.3 is 11.9 Å². The maximum Gasteiger partial charge on any atom is 0.331 e. The molecular weight excluding hydrogens is 336 g/mol. The van der Waals surface area contributed by atoms with E-state index in [0.29, 0.717) is 12.0 Å². The van der Waals surface area contributed by atoms with Crippen LogP contribution in [0.25, 0.3) is 0 Å². The fourth-order valence-electron chi connectivity index (χ4n) is 3.28. The first-order chi connectivity index (χ1) is 12.4. The first-order valence-corrected chi connectivity index (χ1v) is 8.94. The molecule has 0 saturated carbocycles. The average molecular weight is 362 g/mol. The number of rotatable bonds is 8. The van der Waals surface area contributed by atoms with Crippen molar-refractivity contribution in [2.75, 3.05) is 6.61 Å². The second-order valence-corrected chi connectivity index (χ2v) is 6.39. The van der Waals surface area contributed by atoms with Gasteiger partial charge in [-0.25, -0.2) is 4.79 Å². The predicted octanol–water partition coefficient (Wildman–Crippen LogP) is 1.86. The first-order valence-electron chi connectivity index (χ1n) is 8.94. The van der Waals surface area contributed by atoms with Gasteiger partial charge < -0.3 is 14.7 Å². The summed E-state index contributed by atoms with van der Waals surface area (Å²) < 4.78 is 5.05. The zero-order valence-electron chi connectivity index (χ0n) is 15.4. The number of carbonyl (C=O) groups is 3. The number of fused-ring (bicyclic) bond motifs is 1. The highest BCUT2D eigenvalue weighted by Crippen LogP contribution is 2.34. The van der Waals surface area contributed by atoms with E-state index in [2.05, 4.69) is 5.32 Å². The molecule has 2 N–H and O–H groups in total. The van der Waals surface area contributed by atoms with Gasteiger partial charge in [0, 0.05) is 6.54 Å². The van der Waals surface area contributed by atoms with E-state index in [1.807, 2.05) is 19.1 Å². The van der Waals surface area contributed by atoms with Crippen LogP contribution in [0.3, 0.4) is 0 Å². The van der Waals surface area contributed by atoms with Gasteiger partial charge in [0.25, 0.3) is 0 Å². The molecule has 7 nitrogen and oxygen atoms in total. The number of esters is 1. The highest BCUT2D eigenvalue weighted by atomic mass is 16.5. The van der Waals surface area contributed by atoms with E-state index in [-0.39, 0.29) is 19.1 Å². The maximum absolute atomic E-state index is 12.9. The Morgan fingerprint density at radius 1 is 1.31 bits per heavy atom. The van der Waals surface area contributed by atoms with Gasteiger partial charge in [-0.2, -0.15) is 0 Å². The molecular formula is C19H26N2O5. The topological polar surface area (TPSA) is 95.9 Å². The van der Waals surface area contributed by atoms with Gasteiger partial charge in [-0.15, -0.1) is 0 Å². The van der Waals surface area contributed by atoms with Crippen molar-refractivity contribution in [3.63, 3.8) is 0 Å². The molecule has 0 saturated heterocycles. The lowest BCUT2D eigenvalue weighted by Gasteiger charge is -2.28. The predicted molar refractivity (Wildman–Crippen MR) is 95.3 cm³/mol. The van der Waals surface area contributed by atoms with Crippen LogP contribution in [0.4, 0.5) is 0 Å². The molecule has 1 heterocycles. The van der Waals surface area contributed by atoms with Crippen LogP contribution in [0.15, 0.2) is 24.3 Å². The van der Waals surface area contributed by atoms with Crippen LogP contribution in [0, 0.1) is 0 Å². The molecule has 1 aromatic carbocycles. The van der Waals surface area contributed by atoms with Crippen LogP contribution >= 0.6 is 0 Å². The molecule has 1 amide bonds. The van der Waals surface area contributed by atoms with Crippen LogP contribution in [0.2, 0.25) is 0 Å². The fourth-order valence-corrected chi connectivity index (χ4v) is 3.28. The summed E-state index contributed by atoms with van der Waals surface area (Å²) in [5.74, 6) is -1.81. The smallest absolute Gasteiger partial charge is 0.331 e. The van der Waals surface area contributed by atoms with Crippen molar-refractivity contribution in [2.45, 2.75) is 58.3 Å². The monoisotopic (exact) mass is 362 g/mol. The third-order valence-electron chi connectivity index (χ3n) is 4.49. The molecule has 0 spiro atoms. The van der Waals surface area contributed by atoms with Crippen molar-refractivity contribution in [1.82, 2.24) is 10.2 Å². The normalized spacial score (nSPS) is 18.1. The Bertz CT molecular complexity index is 676. The van der Waals surface area contributed by atoms with Crippen LogP contribution in [-0.4, -0.2) is 46.5 Å². The van der Waals surface area contributed by atoms with Gasteiger partial charge in [0.1, 0.15) is 6.04 Å². The van der Waals surface area contributed by atoms with Crippen molar-refractivity contribution in [2.24, 2.45) is 0 Å². The molecule has 26 heavy (non-hydrogen) atoms. The highest BCUT2D eigenvalue weighted by Gasteiger charge is 2.40. The summed E-state index contributed by atoms with van der Waals surface area (Å²) in [4.78, 5) is 38.0. The molecule has 0 aliphatic carbocycles. The van der Waals surface area contributed by atoms with E-state index in [1.54, 1.807) is 26.0 Å². The molecule has 3 atom stereocenters. The van der Waals surface area contributed by atoms with Crippen molar-refractivity contribution < 1.29 is 24.2 Å². The van der Waals surface area contributed by atoms with Gasteiger partial charge in [0.05, 0.1) is 12.6 Å². The van der Waals surface area contributed by atoms with Gasteiger partial charge in [-0.3, -0.25) is 14.9 Å². The molecule has 0 radical (unpaired) electrons. The number of ether oxygens (including phenoxy) is 1. The number of nitrogens with one attached hydrogen (secondary N) is 1. The third-order valence-corrected chi connectivity index (χ3v) is 4.49. The van der Waals surface area contributed by atoms with Gasteiger partial charge in [0.15, 0.2) is 6.04 Å². The lowest BCUT2D eigenvalue weighted by molar-refractivity contribution is -0.152. The molecule has 0 fully saturated rings. The Hall–Kier alpha value is -2.41. The van der Waals surface area contributed by atoms with E-state index >= 15 is 0 Å². The van der Waals surface area contributed by atoms with Crippen molar-refractivity contribution >= 4 is 17.8 Å². The van der Waals surface area contributed by atoms with Crippen molar-refractivity contribution in [3.8, 4) is 0 Å². The van der Waals surface area contributed by atoms with Crippen LogP contribution in [-0.2, 0) is 25.7 Å². The quantitative estimate of drug-likeness (QED) is 0.686. The Labute approximate surface area is 153 Å². The van der Waals surface area contributed by atoms with E-state index in [9.17, 15) is 19.5 Å². The summed E-state index contributed by atoms with van der Waals surface area (Å²) in [6.45, 7) is 5.83. The second kappa shape index (κ2) is 8.80. The van der Waals surface area contributed by atoms with Gasteiger partial charge in [0.2, 0.25) is 5.91 Å². The highest BCUT2D eigenvalue weighted by molar-refractivity contribution is 5.89. The summed E-state index contributed by atoms with van der Waals surface area (Å²) in [7, 11) is 0. The standard InChI is InChI=1S/C19H26N2O5/c1-4-8-15(19(25)26-5-2)20-12(3)17(22)21-11-13-9-6-7-10-14(13)16(21)18(23)24/h6-7,9-10,12,15-16,20H,4-5,8,11H2,1-3H3,(H,23,24)/t12-,15?,16?/m0/s1. The molecule has 1 aromatic rings. The van der Waals surface area contributed by atoms with Crippen LogP contribution in [0.1, 0.15) is 50.8 Å². The molecule has 2 rings (SSSR count). The van der Waals surface area contributed by atoms with Crippen LogP contribution in [0.5, 0.6) is 0 Å². The maximum atomic E-state index is 12.9. The number of carbonyl (C=O) groups excluding carboxylic acids is 2. The SMILES string of the molecule is CCCC(N[C@@H](C)C(=O)N1Cc2ccccc2C1C(=O)O)C(=O)OCC.